The van der Waals surface area contributed by atoms with Gasteiger partial charge in [0.15, 0.2) is 12.4 Å². The van der Waals surface area contributed by atoms with Crippen LogP contribution in [0, 0.1) is 0 Å². The van der Waals surface area contributed by atoms with Gasteiger partial charge in [0, 0.05) is 11.1 Å². The van der Waals surface area contributed by atoms with E-state index in [0.717, 1.165) is 0 Å². The van der Waals surface area contributed by atoms with Gasteiger partial charge in [-0.15, -0.1) is 0 Å². The molecule has 2 amide bonds. The van der Waals surface area contributed by atoms with Crippen molar-refractivity contribution in [3.8, 4) is 0 Å². The van der Waals surface area contributed by atoms with Crippen molar-refractivity contribution in [2.24, 2.45) is 0 Å². The maximum Gasteiger partial charge on any atom is 0.325 e. The van der Waals surface area contributed by atoms with E-state index in [9.17, 15) is 14.4 Å². The SMILES string of the molecule is O=C(COC(=O)CNC(=O)c1ccc(Cl)cc1Cl)Nc1ccon1. The van der Waals surface area contributed by atoms with Crippen LogP contribution < -0.4 is 10.6 Å². The number of rotatable bonds is 6. The molecule has 0 aliphatic carbocycles. The van der Waals surface area contributed by atoms with Gasteiger partial charge in [0.05, 0.1) is 10.6 Å². The quantitative estimate of drug-likeness (QED) is 0.750. The molecule has 0 aliphatic rings. The fourth-order valence-electron chi connectivity index (χ4n) is 1.57. The van der Waals surface area contributed by atoms with E-state index >= 15 is 0 Å². The standard InChI is InChI=1S/C14H11Cl2N3O5/c15-8-1-2-9(10(16)5-8)14(22)17-6-13(21)23-7-12(20)18-11-3-4-24-19-11/h1-5H,6-7H2,(H,17,22)(H,18,19,20). The van der Waals surface area contributed by atoms with Gasteiger partial charge in [0.2, 0.25) is 0 Å². The van der Waals surface area contributed by atoms with Gasteiger partial charge < -0.3 is 19.9 Å². The third-order valence-electron chi connectivity index (χ3n) is 2.64. The predicted octanol–water partition coefficient (Wildman–Crippen LogP) is 1.89. The minimum absolute atomic E-state index is 0.153. The number of anilines is 1. The van der Waals surface area contributed by atoms with Gasteiger partial charge in [-0.1, -0.05) is 28.4 Å². The highest BCUT2D eigenvalue weighted by atomic mass is 35.5. The number of carbonyl (C=O) groups is 3. The van der Waals surface area contributed by atoms with Gasteiger partial charge in [-0.25, -0.2) is 0 Å². The molecule has 0 spiro atoms. The first-order chi connectivity index (χ1) is 11.5. The molecule has 0 unspecified atom stereocenters. The Morgan fingerprint density at radius 2 is 2.00 bits per heavy atom. The molecule has 0 saturated carbocycles. The maximum absolute atomic E-state index is 11.9. The Morgan fingerprint density at radius 1 is 1.21 bits per heavy atom. The molecule has 1 heterocycles. The second-order valence-electron chi connectivity index (χ2n) is 4.40. The molecule has 2 rings (SSSR count). The van der Waals surface area contributed by atoms with E-state index in [1.807, 2.05) is 0 Å². The number of esters is 1. The van der Waals surface area contributed by atoms with Crippen LogP contribution in [-0.2, 0) is 14.3 Å². The number of hydrogen-bond donors (Lipinski definition) is 2. The lowest BCUT2D eigenvalue weighted by Crippen LogP contribution is -2.32. The molecule has 1 aromatic carbocycles. The highest BCUT2D eigenvalue weighted by Gasteiger charge is 2.14. The Hall–Kier alpha value is -2.58. The number of halogens is 2. The van der Waals surface area contributed by atoms with Crippen molar-refractivity contribution < 1.29 is 23.6 Å². The molecule has 0 atom stereocenters. The molecular formula is C14H11Cl2N3O5. The van der Waals surface area contributed by atoms with Crippen molar-refractivity contribution in [3.05, 3.63) is 46.1 Å². The molecule has 0 radical (unpaired) electrons. The summed E-state index contributed by atoms with van der Waals surface area (Å²) in [6.45, 7) is -0.946. The fourth-order valence-corrected chi connectivity index (χ4v) is 2.07. The average molecular weight is 372 g/mol. The van der Waals surface area contributed by atoms with Crippen LogP contribution in [0.15, 0.2) is 35.1 Å². The fraction of sp³-hybridized carbons (Fsp3) is 0.143. The first-order valence-corrected chi connectivity index (χ1v) is 7.30. The van der Waals surface area contributed by atoms with Crippen LogP contribution in [0.2, 0.25) is 10.0 Å². The molecule has 0 fully saturated rings. The second-order valence-corrected chi connectivity index (χ2v) is 5.24. The summed E-state index contributed by atoms with van der Waals surface area (Å²) in [5.74, 6) is -1.75. The Labute approximate surface area is 146 Å². The van der Waals surface area contributed by atoms with Gasteiger partial charge in [-0.05, 0) is 18.2 Å². The Kier molecular flexibility index (Phi) is 6.16. The van der Waals surface area contributed by atoms with Gasteiger partial charge in [0.1, 0.15) is 12.8 Å². The van der Waals surface area contributed by atoms with Crippen LogP contribution in [0.5, 0.6) is 0 Å². The molecule has 2 aromatic rings. The number of amides is 2. The summed E-state index contributed by atoms with van der Waals surface area (Å²) in [7, 11) is 0. The van der Waals surface area contributed by atoms with Gasteiger partial charge in [-0.2, -0.15) is 0 Å². The van der Waals surface area contributed by atoms with Crippen molar-refractivity contribution in [1.82, 2.24) is 10.5 Å². The zero-order chi connectivity index (χ0) is 17.5. The lowest BCUT2D eigenvalue weighted by Gasteiger charge is -2.07. The highest BCUT2D eigenvalue weighted by molar-refractivity contribution is 6.36. The van der Waals surface area contributed by atoms with Gasteiger partial charge >= 0.3 is 5.97 Å². The van der Waals surface area contributed by atoms with Crippen molar-refractivity contribution in [1.29, 1.82) is 0 Å². The zero-order valence-corrected chi connectivity index (χ0v) is 13.6. The molecule has 8 nitrogen and oxygen atoms in total. The Balaban J connectivity index is 1.74. The third kappa shape index (κ3) is 5.25. The number of hydrogen-bond acceptors (Lipinski definition) is 6. The van der Waals surface area contributed by atoms with Crippen LogP contribution in [-0.4, -0.2) is 36.1 Å². The largest absolute Gasteiger partial charge is 0.454 e. The summed E-state index contributed by atoms with van der Waals surface area (Å²) in [6.07, 6.45) is 1.28. The minimum atomic E-state index is -0.788. The minimum Gasteiger partial charge on any atom is -0.454 e. The first kappa shape index (κ1) is 17.8. The monoisotopic (exact) mass is 371 g/mol. The number of aromatic nitrogens is 1. The molecule has 126 valence electrons. The molecule has 0 saturated heterocycles. The molecule has 24 heavy (non-hydrogen) atoms. The smallest absolute Gasteiger partial charge is 0.325 e. The van der Waals surface area contributed by atoms with Crippen LogP contribution in [0.25, 0.3) is 0 Å². The molecule has 1 aromatic heterocycles. The average Bonchev–Trinajstić information content (AvgIpc) is 3.03. The molecule has 10 heteroatoms. The van der Waals surface area contributed by atoms with Crippen LogP contribution in [0.4, 0.5) is 5.82 Å². The van der Waals surface area contributed by atoms with Crippen molar-refractivity contribution >= 4 is 46.8 Å². The van der Waals surface area contributed by atoms with Gasteiger partial charge in [0.25, 0.3) is 11.8 Å². The topological polar surface area (TPSA) is 111 Å². The Bertz CT molecular complexity index is 749. The van der Waals surface area contributed by atoms with E-state index in [1.165, 1.54) is 30.5 Å². The molecular weight excluding hydrogens is 361 g/mol. The number of nitrogens with one attached hydrogen (secondary N) is 2. The lowest BCUT2D eigenvalue weighted by molar-refractivity contribution is -0.146. The Morgan fingerprint density at radius 3 is 2.67 bits per heavy atom. The predicted molar refractivity (Wildman–Crippen MR) is 84.9 cm³/mol. The number of carbonyl (C=O) groups excluding carboxylic acids is 3. The first-order valence-electron chi connectivity index (χ1n) is 6.55. The van der Waals surface area contributed by atoms with Crippen molar-refractivity contribution in [2.75, 3.05) is 18.5 Å². The van der Waals surface area contributed by atoms with E-state index in [1.54, 1.807) is 0 Å². The number of ether oxygens (including phenoxy) is 1. The van der Waals surface area contributed by atoms with Crippen LogP contribution in [0.3, 0.4) is 0 Å². The normalized spacial score (nSPS) is 10.1. The summed E-state index contributed by atoms with van der Waals surface area (Å²) < 4.78 is 9.24. The highest BCUT2D eigenvalue weighted by Crippen LogP contribution is 2.20. The van der Waals surface area contributed by atoms with E-state index in [2.05, 4.69) is 20.3 Å². The summed E-state index contributed by atoms with van der Waals surface area (Å²) in [4.78, 5) is 34.9. The van der Waals surface area contributed by atoms with E-state index in [4.69, 9.17) is 27.9 Å². The third-order valence-corrected chi connectivity index (χ3v) is 3.19. The second kappa shape index (κ2) is 8.32. The van der Waals surface area contributed by atoms with Crippen LogP contribution in [0.1, 0.15) is 10.4 Å². The lowest BCUT2D eigenvalue weighted by atomic mass is 10.2. The summed E-state index contributed by atoms with van der Waals surface area (Å²) in [6, 6.07) is 5.76. The van der Waals surface area contributed by atoms with Crippen molar-refractivity contribution in [3.63, 3.8) is 0 Å². The molecule has 0 aliphatic heterocycles. The number of nitrogens with zero attached hydrogens (tertiary/aromatic N) is 1. The van der Waals surface area contributed by atoms with Gasteiger partial charge in [-0.3, -0.25) is 14.4 Å². The summed E-state index contributed by atoms with van der Waals surface area (Å²) >= 11 is 11.6. The molecule has 2 N–H and O–H groups in total. The van der Waals surface area contributed by atoms with E-state index < -0.39 is 30.9 Å². The number of benzene rings is 1. The van der Waals surface area contributed by atoms with E-state index in [0.29, 0.717) is 5.02 Å². The van der Waals surface area contributed by atoms with E-state index in [-0.39, 0.29) is 16.4 Å². The molecule has 0 bridgehead atoms. The maximum atomic E-state index is 11.9. The zero-order valence-electron chi connectivity index (χ0n) is 12.0. The summed E-state index contributed by atoms with van der Waals surface area (Å²) in [5, 5.41) is 8.67. The van der Waals surface area contributed by atoms with Crippen molar-refractivity contribution in [2.45, 2.75) is 0 Å². The summed E-state index contributed by atoms with van der Waals surface area (Å²) in [5.41, 5.74) is 0.164. The van der Waals surface area contributed by atoms with Crippen LogP contribution >= 0.6 is 23.2 Å².